The molecule has 0 radical (unpaired) electrons. The van der Waals surface area contributed by atoms with Gasteiger partial charge in [0, 0.05) is 17.8 Å². The topological polar surface area (TPSA) is 80.0 Å². The number of anilines is 1. The van der Waals surface area contributed by atoms with Crippen LogP contribution in [0.15, 0.2) is 12.1 Å². The van der Waals surface area contributed by atoms with Crippen LogP contribution in [0.1, 0.15) is 61.5 Å². The van der Waals surface area contributed by atoms with Crippen LogP contribution in [0.25, 0.3) is 0 Å². The van der Waals surface area contributed by atoms with Crippen molar-refractivity contribution in [2.45, 2.75) is 51.9 Å². The number of carbonyl (C=O) groups excluding carboxylic acids is 1. The number of aryl methyl sites for hydroxylation is 1. The summed E-state index contributed by atoms with van der Waals surface area (Å²) in [6.07, 6.45) is 8.55. The van der Waals surface area contributed by atoms with Gasteiger partial charge in [0.05, 0.1) is 0 Å². The molecule has 1 heterocycles. The van der Waals surface area contributed by atoms with Crippen LogP contribution in [0.5, 0.6) is 0 Å². The highest BCUT2D eigenvalue weighted by Gasteiger charge is 2.14. The van der Waals surface area contributed by atoms with E-state index in [1.165, 1.54) is 32.1 Å². The van der Waals surface area contributed by atoms with Gasteiger partial charge in [0.2, 0.25) is 0 Å². The summed E-state index contributed by atoms with van der Waals surface area (Å²) in [4.78, 5) is 16.5. The SMILES string of the molecule is CCc1cc(C(=O)NCCCC2CCCC2)cc(NN)n1. The first kappa shape index (κ1) is 15.8. The number of pyridine rings is 1. The minimum atomic E-state index is -0.0463. The second-order valence-corrected chi connectivity index (χ2v) is 5.78. The number of hydrogen-bond acceptors (Lipinski definition) is 4. The number of nitrogens with two attached hydrogens (primary N) is 1. The summed E-state index contributed by atoms with van der Waals surface area (Å²) in [5, 5.41) is 2.99. The van der Waals surface area contributed by atoms with E-state index in [1.54, 1.807) is 6.07 Å². The lowest BCUT2D eigenvalue weighted by atomic mass is 10.0. The van der Waals surface area contributed by atoms with Gasteiger partial charge in [-0.15, -0.1) is 0 Å². The number of nitrogens with one attached hydrogen (secondary N) is 2. The highest BCUT2D eigenvalue weighted by molar-refractivity contribution is 5.94. The molecule has 0 unspecified atom stereocenters. The fraction of sp³-hybridized carbons (Fsp3) is 0.625. The van der Waals surface area contributed by atoms with Crippen LogP contribution < -0.4 is 16.6 Å². The van der Waals surface area contributed by atoms with Crippen molar-refractivity contribution in [3.8, 4) is 0 Å². The van der Waals surface area contributed by atoms with E-state index in [-0.39, 0.29) is 5.91 Å². The Morgan fingerprint density at radius 3 is 2.81 bits per heavy atom. The first-order valence-corrected chi connectivity index (χ1v) is 7.98. The molecule has 0 bridgehead atoms. The summed E-state index contributed by atoms with van der Waals surface area (Å²) >= 11 is 0. The molecule has 21 heavy (non-hydrogen) atoms. The smallest absolute Gasteiger partial charge is 0.251 e. The van der Waals surface area contributed by atoms with E-state index in [1.807, 2.05) is 13.0 Å². The summed E-state index contributed by atoms with van der Waals surface area (Å²) in [7, 11) is 0. The molecule has 4 N–H and O–H groups in total. The molecule has 5 heteroatoms. The Morgan fingerprint density at radius 1 is 1.38 bits per heavy atom. The van der Waals surface area contributed by atoms with E-state index >= 15 is 0 Å². The van der Waals surface area contributed by atoms with Crippen LogP contribution in [0.2, 0.25) is 0 Å². The van der Waals surface area contributed by atoms with Crippen LogP contribution >= 0.6 is 0 Å². The maximum atomic E-state index is 12.2. The second kappa shape index (κ2) is 7.98. The first-order valence-electron chi connectivity index (χ1n) is 7.98. The molecule has 0 atom stereocenters. The van der Waals surface area contributed by atoms with Crippen LogP contribution in [-0.4, -0.2) is 17.4 Å². The molecular weight excluding hydrogens is 264 g/mol. The standard InChI is InChI=1S/C16H26N4O/c1-2-14-10-13(11-15(19-14)20-17)16(21)18-9-5-8-12-6-3-4-7-12/h10-12H,2-9,17H2,1H3,(H,18,21)(H,19,20). The summed E-state index contributed by atoms with van der Waals surface area (Å²) in [6, 6.07) is 3.51. The average molecular weight is 290 g/mol. The zero-order chi connectivity index (χ0) is 15.1. The van der Waals surface area contributed by atoms with Crippen LogP contribution in [0, 0.1) is 5.92 Å². The van der Waals surface area contributed by atoms with Crippen molar-refractivity contribution in [2.75, 3.05) is 12.0 Å². The van der Waals surface area contributed by atoms with Gasteiger partial charge < -0.3 is 10.7 Å². The minimum Gasteiger partial charge on any atom is -0.352 e. The Morgan fingerprint density at radius 2 is 2.14 bits per heavy atom. The van der Waals surface area contributed by atoms with Gasteiger partial charge >= 0.3 is 0 Å². The van der Waals surface area contributed by atoms with Gasteiger partial charge in [0.15, 0.2) is 0 Å². The molecule has 0 spiro atoms. The number of carbonyl (C=O) groups is 1. The Labute approximate surface area is 126 Å². The quantitative estimate of drug-likeness (QED) is 0.410. The molecule has 0 aromatic carbocycles. The zero-order valence-electron chi connectivity index (χ0n) is 12.8. The van der Waals surface area contributed by atoms with Crippen molar-refractivity contribution in [1.29, 1.82) is 0 Å². The average Bonchev–Trinajstić information content (AvgIpc) is 3.04. The lowest BCUT2D eigenvalue weighted by molar-refractivity contribution is 0.0952. The first-order chi connectivity index (χ1) is 10.2. The van der Waals surface area contributed by atoms with Gasteiger partial charge in [-0.3, -0.25) is 4.79 Å². The Hall–Kier alpha value is -1.62. The Kier molecular flexibility index (Phi) is 5.99. The van der Waals surface area contributed by atoms with E-state index in [4.69, 9.17) is 5.84 Å². The van der Waals surface area contributed by atoms with Crippen molar-refractivity contribution in [3.63, 3.8) is 0 Å². The number of amides is 1. The molecule has 1 aromatic rings. The summed E-state index contributed by atoms with van der Waals surface area (Å²) in [5.74, 6) is 6.75. The number of nitrogens with zero attached hydrogens (tertiary/aromatic N) is 1. The molecular formula is C16H26N4O. The van der Waals surface area contributed by atoms with Crippen LogP contribution in [0.3, 0.4) is 0 Å². The fourth-order valence-corrected chi connectivity index (χ4v) is 2.97. The maximum absolute atomic E-state index is 12.2. The molecule has 5 nitrogen and oxygen atoms in total. The number of rotatable bonds is 7. The predicted molar refractivity (Wildman–Crippen MR) is 85.0 cm³/mol. The highest BCUT2D eigenvalue weighted by Crippen LogP contribution is 2.28. The third-order valence-corrected chi connectivity index (χ3v) is 4.20. The Balaban J connectivity index is 1.81. The lowest BCUT2D eigenvalue weighted by Gasteiger charge is -2.10. The third-order valence-electron chi connectivity index (χ3n) is 4.20. The van der Waals surface area contributed by atoms with E-state index in [2.05, 4.69) is 15.7 Å². The maximum Gasteiger partial charge on any atom is 0.251 e. The largest absolute Gasteiger partial charge is 0.352 e. The fourth-order valence-electron chi connectivity index (χ4n) is 2.97. The second-order valence-electron chi connectivity index (χ2n) is 5.78. The van der Waals surface area contributed by atoms with Crippen molar-refractivity contribution < 1.29 is 4.79 Å². The molecule has 2 rings (SSSR count). The molecule has 1 aromatic heterocycles. The Bertz CT molecular complexity index is 447. The molecule has 0 saturated heterocycles. The molecule has 1 amide bonds. The van der Waals surface area contributed by atoms with Gasteiger partial charge in [-0.2, -0.15) is 0 Å². The van der Waals surface area contributed by atoms with E-state index in [0.29, 0.717) is 11.4 Å². The van der Waals surface area contributed by atoms with Gasteiger partial charge in [0.25, 0.3) is 5.91 Å². The number of aromatic nitrogens is 1. The van der Waals surface area contributed by atoms with Gasteiger partial charge in [-0.1, -0.05) is 32.6 Å². The predicted octanol–water partition coefficient (Wildman–Crippen LogP) is 2.63. The normalized spacial score (nSPS) is 15.1. The van der Waals surface area contributed by atoms with Gasteiger partial charge in [-0.05, 0) is 37.3 Å². The van der Waals surface area contributed by atoms with Crippen LogP contribution in [0.4, 0.5) is 5.82 Å². The van der Waals surface area contributed by atoms with E-state index in [0.717, 1.165) is 31.0 Å². The lowest BCUT2D eigenvalue weighted by Crippen LogP contribution is -2.25. The van der Waals surface area contributed by atoms with Crippen molar-refractivity contribution in [2.24, 2.45) is 11.8 Å². The van der Waals surface area contributed by atoms with Gasteiger partial charge in [0.1, 0.15) is 5.82 Å². The highest BCUT2D eigenvalue weighted by atomic mass is 16.1. The monoisotopic (exact) mass is 290 g/mol. The summed E-state index contributed by atoms with van der Waals surface area (Å²) < 4.78 is 0. The van der Waals surface area contributed by atoms with E-state index in [9.17, 15) is 4.79 Å². The molecule has 1 fully saturated rings. The number of hydrogen-bond donors (Lipinski definition) is 3. The molecule has 116 valence electrons. The molecule has 1 saturated carbocycles. The molecule has 1 aliphatic rings. The zero-order valence-corrected chi connectivity index (χ0v) is 12.8. The summed E-state index contributed by atoms with van der Waals surface area (Å²) in [6.45, 7) is 2.75. The number of nitrogen functional groups attached to an aromatic ring is 1. The molecule has 1 aliphatic carbocycles. The minimum absolute atomic E-state index is 0.0463. The van der Waals surface area contributed by atoms with Gasteiger partial charge in [-0.25, -0.2) is 10.8 Å². The van der Waals surface area contributed by atoms with Crippen LogP contribution in [-0.2, 0) is 6.42 Å². The van der Waals surface area contributed by atoms with Crippen molar-refractivity contribution in [1.82, 2.24) is 10.3 Å². The van der Waals surface area contributed by atoms with E-state index < -0.39 is 0 Å². The number of hydrazine groups is 1. The summed E-state index contributed by atoms with van der Waals surface area (Å²) in [5.41, 5.74) is 3.99. The van der Waals surface area contributed by atoms with Crippen molar-refractivity contribution in [3.05, 3.63) is 23.4 Å². The third kappa shape index (κ3) is 4.70. The van der Waals surface area contributed by atoms with Crippen molar-refractivity contribution >= 4 is 11.7 Å². The molecule has 0 aliphatic heterocycles.